The van der Waals surface area contributed by atoms with Crippen molar-refractivity contribution in [1.82, 2.24) is 0 Å². The van der Waals surface area contributed by atoms with Gasteiger partial charge in [0.05, 0.1) is 0 Å². The van der Waals surface area contributed by atoms with Crippen LogP contribution in [0, 0.1) is 0 Å². The molecule has 0 spiro atoms. The lowest BCUT2D eigenvalue weighted by Gasteiger charge is -2.17. The summed E-state index contributed by atoms with van der Waals surface area (Å²) in [5.41, 5.74) is 2.37. The van der Waals surface area contributed by atoms with E-state index < -0.39 is 0 Å². The van der Waals surface area contributed by atoms with Crippen LogP contribution in [0.2, 0.25) is 0 Å². The van der Waals surface area contributed by atoms with Crippen LogP contribution in [-0.2, 0) is 11.2 Å². The van der Waals surface area contributed by atoms with Crippen LogP contribution in [-0.4, -0.2) is 5.78 Å². The van der Waals surface area contributed by atoms with E-state index in [-0.39, 0.29) is 5.78 Å². The van der Waals surface area contributed by atoms with Crippen molar-refractivity contribution < 1.29 is 9.53 Å². The summed E-state index contributed by atoms with van der Waals surface area (Å²) in [4.78, 5) is 11.4. The summed E-state index contributed by atoms with van der Waals surface area (Å²) >= 11 is 0. The smallest absolute Gasteiger partial charge is 0.198 e. The number of hydrogen-bond donors (Lipinski definition) is 0. The van der Waals surface area contributed by atoms with E-state index in [9.17, 15) is 4.79 Å². The standard InChI is InChI=1S/C12H10O2/c13-10-6-5-9-7-8-3-1-2-4-11(8)14-12(9)10/h1-4H,5-7H2. The highest BCUT2D eigenvalue weighted by Gasteiger charge is 2.29. The molecule has 0 atom stereocenters. The van der Waals surface area contributed by atoms with Crippen LogP contribution in [0.5, 0.6) is 5.75 Å². The monoisotopic (exact) mass is 186 g/mol. The average molecular weight is 186 g/mol. The molecule has 0 fully saturated rings. The Hall–Kier alpha value is -1.57. The molecule has 14 heavy (non-hydrogen) atoms. The number of allylic oxidation sites excluding steroid dienone is 2. The number of carbonyl (C=O) groups excluding carboxylic acids is 1. The lowest BCUT2D eigenvalue weighted by atomic mass is 10.0. The van der Waals surface area contributed by atoms with Gasteiger partial charge in [-0.3, -0.25) is 4.79 Å². The number of ketones is 1. The Bertz CT molecular complexity index is 443. The molecule has 1 aromatic rings. The van der Waals surface area contributed by atoms with Gasteiger partial charge in [-0.15, -0.1) is 0 Å². The molecule has 0 aromatic heterocycles. The van der Waals surface area contributed by atoms with Gasteiger partial charge in [0.25, 0.3) is 0 Å². The molecule has 0 amide bonds. The van der Waals surface area contributed by atoms with Gasteiger partial charge < -0.3 is 4.74 Å². The summed E-state index contributed by atoms with van der Waals surface area (Å²) in [5, 5.41) is 0. The summed E-state index contributed by atoms with van der Waals surface area (Å²) in [7, 11) is 0. The van der Waals surface area contributed by atoms with Crippen molar-refractivity contribution in [3.8, 4) is 5.75 Å². The third-order valence-corrected chi connectivity index (χ3v) is 2.82. The van der Waals surface area contributed by atoms with Gasteiger partial charge in [0.1, 0.15) is 5.75 Å². The second-order valence-corrected chi connectivity index (χ2v) is 3.74. The zero-order chi connectivity index (χ0) is 9.54. The molecule has 1 aliphatic carbocycles. The van der Waals surface area contributed by atoms with E-state index in [0.717, 1.165) is 18.6 Å². The van der Waals surface area contributed by atoms with E-state index in [2.05, 4.69) is 6.07 Å². The number of rotatable bonds is 0. The first-order chi connectivity index (χ1) is 6.84. The van der Waals surface area contributed by atoms with E-state index >= 15 is 0 Å². The minimum Gasteiger partial charge on any atom is -0.453 e. The van der Waals surface area contributed by atoms with E-state index in [0.29, 0.717) is 12.2 Å². The maximum Gasteiger partial charge on any atom is 0.198 e. The topological polar surface area (TPSA) is 26.3 Å². The molecule has 2 aliphatic rings. The van der Waals surface area contributed by atoms with Crippen LogP contribution in [0.15, 0.2) is 35.6 Å². The van der Waals surface area contributed by atoms with Gasteiger partial charge in [-0.1, -0.05) is 18.2 Å². The van der Waals surface area contributed by atoms with Crippen LogP contribution in [0.1, 0.15) is 18.4 Å². The normalized spacial score (nSPS) is 19.0. The van der Waals surface area contributed by atoms with Crippen molar-refractivity contribution in [3.05, 3.63) is 41.2 Å². The van der Waals surface area contributed by atoms with Gasteiger partial charge in [0.2, 0.25) is 0 Å². The van der Waals surface area contributed by atoms with Crippen molar-refractivity contribution in [2.24, 2.45) is 0 Å². The number of carbonyl (C=O) groups is 1. The molecule has 0 saturated carbocycles. The van der Waals surface area contributed by atoms with Gasteiger partial charge in [-0.2, -0.15) is 0 Å². The zero-order valence-corrected chi connectivity index (χ0v) is 7.75. The van der Waals surface area contributed by atoms with Gasteiger partial charge in [0, 0.05) is 12.8 Å². The predicted molar refractivity (Wildman–Crippen MR) is 52.0 cm³/mol. The average Bonchev–Trinajstić information content (AvgIpc) is 2.57. The first kappa shape index (κ1) is 7.80. The minimum atomic E-state index is 0.162. The van der Waals surface area contributed by atoms with Crippen molar-refractivity contribution in [3.63, 3.8) is 0 Å². The van der Waals surface area contributed by atoms with Crippen LogP contribution >= 0.6 is 0 Å². The van der Waals surface area contributed by atoms with Crippen molar-refractivity contribution in [1.29, 1.82) is 0 Å². The molecule has 1 heterocycles. The SMILES string of the molecule is O=C1CCC2=C1Oc1ccccc1C2. The van der Waals surface area contributed by atoms with Crippen molar-refractivity contribution in [2.75, 3.05) is 0 Å². The van der Waals surface area contributed by atoms with Gasteiger partial charge in [-0.05, 0) is 23.6 Å². The number of para-hydroxylation sites is 1. The maximum atomic E-state index is 11.4. The molecule has 0 radical (unpaired) electrons. The van der Waals surface area contributed by atoms with Crippen LogP contribution < -0.4 is 4.74 Å². The number of ether oxygens (including phenoxy) is 1. The molecule has 1 aromatic carbocycles. The number of Topliss-reactive ketones (excluding diaryl/α,β-unsaturated/α-hetero) is 1. The second kappa shape index (κ2) is 2.71. The molecule has 0 unspecified atom stereocenters. The van der Waals surface area contributed by atoms with Gasteiger partial charge >= 0.3 is 0 Å². The fourth-order valence-corrected chi connectivity index (χ4v) is 2.08. The molecule has 0 saturated heterocycles. The zero-order valence-electron chi connectivity index (χ0n) is 7.75. The number of hydrogen-bond acceptors (Lipinski definition) is 2. The predicted octanol–water partition coefficient (Wildman–Crippen LogP) is 2.24. The van der Waals surface area contributed by atoms with Crippen LogP contribution in [0.4, 0.5) is 0 Å². The van der Waals surface area contributed by atoms with Crippen molar-refractivity contribution in [2.45, 2.75) is 19.3 Å². The molecule has 3 rings (SSSR count). The van der Waals surface area contributed by atoms with E-state index in [1.807, 2.05) is 18.2 Å². The summed E-state index contributed by atoms with van der Waals surface area (Å²) in [6, 6.07) is 7.92. The quantitative estimate of drug-likeness (QED) is 0.621. The van der Waals surface area contributed by atoms with Crippen molar-refractivity contribution >= 4 is 5.78 Å². The highest BCUT2D eigenvalue weighted by molar-refractivity contribution is 5.97. The summed E-state index contributed by atoms with van der Waals surface area (Å²) in [5.74, 6) is 1.62. The molecule has 0 bridgehead atoms. The Kier molecular flexibility index (Phi) is 1.51. The summed E-state index contributed by atoms with van der Waals surface area (Å²) in [6.45, 7) is 0. The Morgan fingerprint density at radius 1 is 1.14 bits per heavy atom. The van der Waals surface area contributed by atoms with E-state index in [1.54, 1.807) is 0 Å². The molecular formula is C12H10O2. The highest BCUT2D eigenvalue weighted by Crippen LogP contribution is 2.36. The van der Waals surface area contributed by atoms with Crippen LogP contribution in [0.3, 0.4) is 0 Å². The molecular weight excluding hydrogens is 176 g/mol. The molecule has 2 nitrogen and oxygen atoms in total. The molecule has 1 aliphatic heterocycles. The maximum absolute atomic E-state index is 11.4. The molecule has 2 heteroatoms. The molecule has 0 N–H and O–H groups in total. The third-order valence-electron chi connectivity index (χ3n) is 2.82. The fourth-order valence-electron chi connectivity index (χ4n) is 2.08. The Morgan fingerprint density at radius 2 is 2.00 bits per heavy atom. The number of fused-ring (bicyclic) bond motifs is 1. The van der Waals surface area contributed by atoms with Gasteiger partial charge in [0.15, 0.2) is 11.5 Å². The fraction of sp³-hybridized carbons (Fsp3) is 0.250. The Morgan fingerprint density at radius 3 is 2.93 bits per heavy atom. The van der Waals surface area contributed by atoms with Gasteiger partial charge in [-0.25, -0.2) is 0 Å². The minimum absolute atomic E-state index is 0.162. The van der Waals surface area contributed by atoms with E-state index in [1.165, 1.54) is 11.1 Å². The lowest BCUT2D eigenvalue weighted by molar-refractivity contribution is -0.116. The molecule has 70 valence electrons. The Labute approximate surface area is 82.2 Å². The first-order valence-electron chi connectivity index (χ1n) is 4.85. The second-order valence-electron chi connectivity index (χ2n) is 3.74. The third kappa shape index (κ3) is 1.00. The largest absolute Gasteiger partial charge is 0.453 e. The highest BCUT2D eigenvalue weighted by atomic mass is 16.5. The Balaban J connectivity index is 2.06. The van der Waals surface area contributed by atoms with Crippen LogP contribution in [0.25, 0.3) is 0 Å². The summed E-state index contributed by atoms with van der Waals surface area (Å²) in [6.07, 6.45) is 2.39. The summed E-state index contributed by atoms with van der Waals surface area (Å²) < 4.78 is 5.60. The van der Waals surface area contributed by atoms with E-state index in [4.69, 9.17) is 4.74 Å². The first-order valence-corrected chi connectivity index (χ1v) is 4.85. The number of benzene rings is 1. The lowest BCUT2D eigenvalue weighted by Crippen LogP contribution is -2.11.